The number of hydrogen-bond acceptors (Lipinski definition) is 3. The average molecular weight is 262 g/mol. The highest BCUT2D eigenvalue weighted by atomic mass is 19.1. The van der Waals surface area contributed by atoms with Crippen LogP contribution in [0.15, 0.2) is 18.2 Å². The Kier molecular flexibility index (Phi) is 4.89. The first-order valence-corrected chi connectivity index (χ1v) is 6.78. The van der Waals surface area contributed by atoms with Gasteiger partial charge >= 0.3 is 0 Å². The average Bonchev–Trinajstić information content (AvgIpc) is 2.36. The molecule has 0 bridgehead atoms. The second-order valence-electron chi connectivity index (χ2n) is 5.05. The van der Waals surface area contributed by atoms with Crippen LogP contribution in [-0.2, 0) is 6.54 Å². The monoisotopic (exact) mass is 262 g/mol. The molecule has 0 radical (unpaired) electrons. The van der Waals surface area contributed by atoms with Gasteiger partial charge in [-0.2, -0.15) is 5.26 Å². The predicted octanol–water partition coefficient (Wildman–Crippen LogP) is 2.43. The first-order chi connectivity index (χ1) is 9.24. The van der Waals surface area contributed by atoms with Crippen LogP contribution in [0.25, 0.3) is 0 Å². The third-order valence-corrected chi connectivity index (χ3v) is 3.74. The summed E-state index contributed by atoms with van der Waals surface area (Å²) >= 11 is 0. The van der Waals surface area contributed by atoms with E-state index in [4.69, 9.17) is 10.4 Å². The van der Waals surface area contributed by atoms with Crippen LogP contribution < -0.4 is 0 Å². The summed E-state index contributed by atoms with van der Waals surface area (Å²) in [5.74, 6) is -0.257. The lowest BCUT2D eigenvalue weighted by Crippen LogP contribution is -2.40. The van der Waals surface area contributed by atoms with E-state index in [1.807, 2.05) is 6.07 Å². The summed E-state index contributed by atoms with van der Waals surface area (Å²) in [5.41, 5.74) is 1.07. The minimum atomic E-state index is -0.257. The molecule has 0 spiro atoms. The van der Waals surface area contributed by atoms with Gasteiger partial charge < -0.3 is 5.11 Å². The van der Waals surface area contributed by atoms with Gasteiger partial charge in [0, 0.05) is 31.3 Å². The van der Waals surface area contributed by atoms with E-state index in [1.54, 1.807) is 6.07 Å². The normalized spacial score (nSPS) is 15.3. The van der Waals surface area contributed by atoms with Crippen LogP contribution in [-0.4, -0.2) is 29.2 Å². The van der Waals surface area contributed by atoms with Crippen molar-refractivity contribution in [3.63, 3.8) is 0 Å². The van der Waals surface area contributed by atoms with Crippen molar-refractivity contribution in [3.05, 3.63) is 35.1 Å². The number of nitriles is 1. The number of aliphatic hydroxyl groups is 1. The van der Waals surface area contributed by atoms with Crippen LogP contribution in [0.4, 0.5) is 4.39 Å². The van der Waals surface area contributed by atoms with Crippen molar-refractivity contribution in [1.29, 1.82) is 5.26 Å². The first kappa shape index (κ1) is 14.0. The van der Waals surface area contributed by atoms with Crippen molar-refractivity contribution in [2.45, 2.75) is 38.3 Å². The zero-order valence-electron chi connectivity index (χ0n) is 11.0. The zero-order valence-corrected chi connectivity index (χ0v) is 11.0. The molecule has 0 unspecified atom stereocenters. The Morgan fingerprint density at radius 3 is 2.79 bits per heavy atom. The maximum Gasteiger partial charge on any atom is 0.127 e. The minimum Gasteiger partial charge on any atom is -0.396 e. The Hall–Kier alpha value is -1.44. The van der Waals surface area contributed by atoms with E-state index in [0.717, 1.165) is 19.4 Å². The molecule has 0 amide bonds. The Morgan fingerprint density at radius 1 is 1.42 bits per heavy atom. The fourth-order valence-corrected chi connectivity index (χ4v) is 2.40. The molecular weight excluding hydrogens is 243 g/mol. The van der Waals surface area contributed by atoms with Crippen LogP contribution in [0.5, 0.6) is 0 Å². The standard InChI is InChI=1S/C15H19FN2O/c16-15-6-5-12(10-17)9-13(15)11-18(7-2-8-19)14-3-1-4-14/h5-6,9,14,19H,1-4,7-8,11H2. The van der Waals surface area contributed by atoms with E-state index in [-0.39, 0.29) is 12.4 Å². The van der Waals surface area contributed by atoms with E-state index in [1.165, 1.54) is 18.6 Å². The Balaban J connectivity index is 2.09. The fraction of sp³-hybridized carbons (Fsp3) is 0.533. The van der Waals surface area contributed by atoms with Crippen molar-refractivity contribution in [2.24, 2.45) is 0 Å². The summed E-state index contributed by atoms with van der Waals surface area (Å²) < 4.78 is 13.8. The topological polar surface area (TPSA) is 47.3 Å². The van der Waals surface area contributed by atoms with Crippen LogP contribution in [0, 0.1) is 17.1 Å². The third kappa shape index (κ3) is 3.52. The minimum absolute atomic E-state index is 0.157. The van der Waals surface area contributed by atoms with E-state index in [0.29, 0.717) is 30.1 Å². The van der Waals surface area contributed by atoms with Gasteiger partial charge in [-0.15, -0.1) is 0 Å². The second kappa shape index (κ2) is 6.65. The van der Waals surface area contributed by atoms with E-state index < -0.39 is 0 Å². The maximum atomic E-state index is 13.8. The number of rotatable bonds is 6. The molecule has 19 heavy (non-hydrogen) atoms. The number of nitrogens with zero attached hydrogens (tertiary/aromatic N) is 2. The number of benzene rings is 1. The smallest absolute Gasteiger partial charge is 0.127 e. The largest absolute Gasteiger partial charge is 0.396 e. The molecule has 1 aromatic rings. The maximum absolute atomic E-state index is 13.8. The highest BCUT2D eigenvalue weighted by Gasteiger charge is 2.25. The first-order valence-electron chi connectivity index (χ1n) is 6.78. The van der Waals surface area contributed by atoms with Gasteiger partial charge in [-0.05, 0) is 37.5 Å². The third-order valence-electron chi connectivity index (χ3n) is 3.74. The quantitative estimate of drug-likeness (QED) is 0.856. The second-order valence-corrected chi connectivity index (χ2v) is 5.05. The summed E-state index contributed by atoms with van der Waals surface area (Å²) in [4.78, 5) is 2.22. The molecule has 1 fully saturated rings. The van der Waals surface area contributed by atoms with Crippen LogP contribution in [0.2, 0.25) is 0 Å². The zero-order chi connectivity index (χ0) is 13.7. The molecule has 0 aromatic heterocycles. The molecule has 0 atom stereocenters. The molecule has 3 nitrogen and oxygen atoms in total. The van der Waals surface area contributed by atoms with Crippen molar-refractivity contribution in [2.75, 3.05) is 13.2 Å². The predicted molar refractivity (Wildman–Crippen MR) is 70.9 cm³/mol. The highest BCUT2D eigenvalue weighted by molar-refractivity contribution is 5.33. The SMILES string of the molecule is N#Cc1ccc(F)c(CN(CCCO)C2CCC2)c1. The van der Waals surface area contributed by atoms with Gasteiger partial charge in [0.05, 0.1) is 11.6 Å². The van der Waals surface area contributed by atoms with Gasteiger partial charge in [0.25, 0.3) is 0 Å². The number of aliphatic hydroxyl groups excluding tert-OH is 1. The van der Waals surface area contributed by atoms with Gasteiger partial charge in [0.15, 0.2) is 0 Å². The molecule has 2 rings (SSSR count). The molecule has 1 aliphatic carbocycles. The van der Waals surface area contributed by atoms with Gasteiger partial charge in [0.1, 0.15) is 5.82 Å². The van der Waals surface area contributed by atoms with Crippen molar-refractivity contribution < 1.29 is 9.50 Å². The highest BCUT2D eigenvalue weighted by Crippen LogP contribution is 2.27. The molecule has 0 aliphatic heterocycles. The molecule has 1 saturated carbocycles. The summed E-state index contributed by atoms with van der Waals surface area (Å²) in [6.07, 6.45) is 4.22. The number of hydrogen-bond donors (Lipinski definition) is 1. The molecule has 102 valence electrons. The van der Waals surface area contributed by atoms with Crippen molar-refractivity contribution in [1.82, 2.24) is 4.90 Å². The van der Waals surface area contributed by atoms with Crippen LogP contribution >= 0.6 is 0 Å². The van der Waals surface area contributed by atoms with E-state index in [9.17, 15) is 4.39 Å². The Bertz CT molecular complexity index is 466. The molecule has 0 heterocycles. The summed E-state index contributed by atoms with van der Waals surface area (Å²) in [5, 5.41) is 17.8. The van der Waals surface area contributed by atoms with E-state index >= 15 is 0 Å². The Morgan fingerprint density at radius 2 is 2.21 bits per heavy atom. The fourth-order valence-electron chi connectivity index (χ4n) is 2.40. The van der Waals surface area contributed by atoms with Gasteiger partial charge in [-0.25, -0.2) is 4.39 Å². The van der Waals surface area contributed by atoms with E-state index in [2.05, 4.69) is 4.90 Å². The summed E-state index contributed by atoms with van der Waals surface area (Å²) in [6.45, 7) is 1.45. The Labute approximate surface area is 113 Å². The summed E-state index contributed by atoms with van der Waals surface area (Å²) in [6, 6.07) is 7.03. The van der Waals surface area contributed by atoms with Crippen molar-refractivity contribution >= 4 is 0 Å². The molecule has 1 aromatic carbocycles. The molecule has 1 N–H and O–H groups in total. The van der Waals surface area contributed by atoms with Crippen LogP contribution in [0.1, 0.15) is 36.8 Å². The lowest BCUT2D eigenvalue weighted by atomic mass is 9.91. The lowest BCUT2D eigenvalue weighted by molar-refractivity contribution is 0.108. The number of halogens is 1. The van der Waals surface area contributed by atoms with Gasteiger partial charge in [-0.1, -0.05) is 6.42 Å². The van der Waals surface area contributed by atoms with Crippen LogP contribution in [0.3, 0.4) is 0 Å². The summed E-state index contributed by atoms with van der Waals surface area (Å²) in [7, 11) is 0. The van der Waals surface area contributed by atoms with Gasteiger partial charge in [-0.3, -0.25) is 4.90 Å². The molecule has 4 heteroatoms. The lowest BCUT2D eigenvalue weighted by Gasteiger charge is -2.37. The van der Waals surface area contributed by atoms with Gasteiger partial charge in [0.2, 0.25) is 0 Å². The van der Waals surface area contributed by atoms with Crippen molar-refractivity contribution in [3.8, 4) is 6.07 Å². The molecule has 1 aliphatic rings. The molecular formula is C15H19FN2O. The molecule has 0 saturated heterocycles.